The lowest BCUT2D eigenvalue weighted by Gasteiger charge is -2.09. The second kappa shape index (κ2) is 109. The van der Waals surface area contributed by atoms with Crippen LogP contribution in [0.15, 0.2) is 72.8 Å². The van der Waals surface area contributed by atoms with Gasteiger partial charge in [0.05, 0.1) is 337 Å². The molecule has 0 saturated carbocycles. The van der Waals surface area contributed by atoms with E-state index in [1.807, 2.05) is 0 Å². The summed E-state index contributed by atoms with van der Waals surface area (Å²) < 4.78 is 147. The predicted molar refractivity (Wildman–Crippen MR) is 502 cm³/mol. The number of hydrogen-bond acceptors (Lipinski definition) is 30. The molecule has 3 N–H and O–H groups in total. The molecule has 0 aliphatic rings. The molecule has 30 nitrogen and oxygen atoms in total. The Morgan fingerprint density at radius 1 is 0.140 bits per heavy atom. The molecule has 756 valence electrons. The highest BCUT2D eigenvalue weighted by molar-refractivity contribution is 5.29. The molecule has 0 saturated heterocycles. The molecule has 0 fully saturated rings. The van der Waals surface area contributed by atoms with Gasteiger partial charge in [-0.15, -0.1) is 0 Å². The Balaban J connectivity index is 0.000000967. The number of aliphatic hydroxyl groups excluding tert-OH is 3. The number of ether oxygens (including phenoxy) is 27. The van der Waals surface area contributed by atoms with Crippen molar-refractivity contribution in [3.05, 3.63) is 89.5 Å². The highest BCUT2D eigenvalue weighted by Crippen LogP contribution is 2.19. The lowest BCUT2D eigenvalue weighted by Crippen LogP contribution is -2.15. The molecule has 0 aliphatic heterocycles. The largest absolute Gasteiger partial charge is 0.491 e. The summed E-state index contributed by atoms with van der Waals surface area (Å²) in [5.41, 5.74) is 4.14. The van der Waals surface area contributed by atoms with Gasteiger partial charge in [-0.05, 0) is 91.6 Å². The van der Waals surface area contributed by atoms with Gasteiger partial charge in [0, 0.05) is 0 Å². The maximum Gasteiger partial charge on any atom is 0.119 e. The summed E-state index contributed by atoms with van der Waals surface area (Å²) in [5, 5.41) is 25.7. The Bertz CT molecular complexity index is 2250. The first kappa shape index (κ1) is 123. The minimum atomic E-state index is 0.0298. The van der Waals surface area contributed by atoms with Crippen LogP contribution in [0, 0.1) is 0 Å². The average molecular weight is 1850 g/mol. The second-order valence-corrected chi connectivity index (χ2v) is 30.0. The first-order chi connectivity index (χ1) is 64.1. The van der Waals surface area contributed by atoms with Crippen molar-refractivity contribution < 1.29 is 143 Å². The van der Waals surface area contributed by atoms with E-state index in [0.717, 1.165) is 36.5 Å². The van der Waals surface area contributed by atoms with Crippen molar-refractivity contribution in [3.8, 4) is 17.2 Å². The van der Waals surface area contributed by atoms with Crippen LogP contribution in [0.1, 0.15) is 172 Å². The Hall–Kier alpha value is -4.02. The molecule has 0 bridgehead atoms. The number of hydrogen-bond donors (Lipinski definition) is 3. The highest BCUT2D eigenvalue weighted by Gasteiger charge is 2.06. The monoisotopic (exact) mass is 1850 g/mol. The van der Waals surface area contributed by atoms with Crippen molar-refractivity contribution in [1.29, 1.82) is 0 Å². The van der Waals surface area contributed by atoms with Crippen molar-refractivity contribution in [2.45, 2.75) is 175 Å². The van der Waals surface area contributed by atoms with Crippen molar-refractivity contribution >= 4 is 0 Å². The number of aliphatic hydroxyl groups is 3. The Morgan fingerprint density at radius 2 is 0.256 bits per heavy atom. The first-order valence-electron chi connectivity index (χ1n) is 48.9. The lowest BCUT2D eigenvalue weighted by atomic mass is 10.0. The van der Waals surface area contributed by atoms with Crippen molar-refractivity contribution in [1.82, 2.24) is 0 Å². The van der Waals surface area contributed by atoms with Crippen molar-refractivity contribution in [2.75, 3.05) is 357 Å². The van der Waals surface area contributed by atoms with Gasteiger partial charge in [0.25, 0.3) is 0 Å². The van der Waals surface area contributed by atoms with Gasteiger partial charge in [-0.2, -0.15) is 0 Å². The zero-order valence-corrected chi connectivity index (χ0v) is 80.4. The van der Waals surface area contributed by atoms with Gasteiger partial charge in [-0.3, -0.25) is 0 Å². The van der Waals surface area contributed by atoms with Gasteiger partial charge in [0.15, 0.2) is 0 Å². The molecular weight excluding hydrogens is 1670 g/mol. The fourth-order valence-electron chi connectivity index (χ4n) is 11.9. The van der Waals surface area contributed by atoms with Gasteiger partial charge in [-0.25, -0.2) is 0 Å². The van der Waals surface area contributed by atoms with E-state index in [9.17, 15) is 0 Å². The predicted octanol–water partition coefficient (Wildman–Crippen LogP) is 13.5. The number of rotatable bonds is 105. The summed E-state index contributed by atoms with van der Waals surface area (Å²) in [7, 11) is 0. The van der Waals surface area contributed by atoms with E-state index in [4.69, 9.17) is 143 Å². The van der Waals surface area contributed by atoms with E-state index in [1.54, 1.807) is 0 Å². The fraction of sp³-hybridized carbons (Fsp3) is 0.818. The molecule has 0 radical (unpaired) electrons. The third-order valence-corrected chi connectivity index (χ3v) is 19.0. The minimum absolute atomic E-state index is 0.0298. The molecular formula is C99H180O30. The van der Waals surface area contributed by atoms with Crippen LogP contribution >= 0.6 is 0 Å². The number of benzene rings is 3. The van der Waals surface area contributed by atoms with Crippen LogP contribution in [-0.2, 0) is 133 Å². The van der Waals surface area contributed by atoms with Crippen LogP contribution in [0.4, 0.5) is 0 Å². The van der Waals surface area contributed by atoms with E-state index in [-0.39, 0.29) is 19.8 Å². The molecule has 0 atom stereocenters. The normalized spacial score (nSPS) is 11.4. The van der Waals surface area contributed by atoms with E-state index in [0.29, 0.717) is 337 Å². The van der Waals surface area contributed by atoms with Crippen LogP contribution in [0.25, 0.3) is 0 Å². The Morgan fingerprint density at radius 3 is 0.388 bits per heavy atom. The molecule has 129 heavy (non-hydrogen) atoms. The molecule has 3 aromatic carbocycles. The molecule has 3 rings (SSSR count). The quantitative estimate of drug-likeness (QED) is 0.0442. The van der Waals surface area contributed by atoms with Gasteiger partial charge in [0.2, 0.25) is 0 Å². The summed E-state index contributed by atoms with van der Waals surface area (Å²) in [4.78, 5) is 0. The number of aryl methyl sites for hydroxylation is 3. The summed E-state index contributed by atoms with van der Waals surface area (Å²) >= 11 is 0. The van der Waals surface area contributed by atoms with E-state index < -0.39 is 0 Å². The second-order valence-electron chi connectivity index (χ2n) is 30.0. The standard InChI is InChI=1S/3C33H60O10/c3*1-2-3-4-5-6-7-8-9-32-10-12-33(13-11-32)43-31-30-42-29-28-41-27-26-40-25-24-39-23-22-38-21-20-37-19-18-36-17-16-35-15-14-34/h3*10-13,34H,2-9,14-31H2,1H3. The molecule has 0 spiro atoms. The summed E-state index contributed by atoms with van der Waals surface area (Å²) in [6.07, 6.45) is 31.6. The first-order valence-corrected chi connectivity index (χ1v) is 48.9. The Labute approximate surface area is 778 Å². The van der Waals surface area contributed by atoms with E-state index in [2.05, 4.69) is 93.6 Å². The van der Waals surface area contributed by atoms with Crippen molar-refractivity contribution in [3.63, 3.8) is 0 Å². The molecule has 0 aliphatic carbocycles. The smallest absolute Gasteiger partial charge is 0.119 e. The topological polar surface area (TPSA) is 310 Å². The third-order valence-electron chi connectivity index (χ3n) is 19.0. The summed E-state index contributed by atoms with van der Waals surface area (Å²) in [5.74, 6) is 2.66. The summed E-state index contributed by atoms with van der Waals surface area (Å²) in [6, 6.07) is 25.3. The van der Waals surface area contributed by atoms with Crippen LogP contribution in [0.2, 0.25) is 0 Å². The SMILES string of the molecule is CCCCCCCCCc1ccc(OCCOCCOCCOCCOCCOCCOCCOCCOCCO)cc1.CCCCCCCCCc1ccc(OCCOCCOCCOCCOCCOCCOCCOCCOCCO)cc1.CCCCCCCCCc1ccc(OCCOCCOCCOCCOCCOCCOCCOCCOCCO)cc1. The van der Waals surface area contributed by atoms with Crippen LogP contribution in [0.5, 0.6) is 17.2 Å². The summed E-state index contributed by atoms with van der Waals surface area (Å²) in [6.45, 7) is 32.7. The van der Waals surface area contributed by atoms with E-state index >= 15 is 0 Å². The highest BCUT2D eigenvalue weighted by atomic mass is 16.6. The molecule has 0 aromatic heterocycles. The third kappa shape index (κ3) is 98.3. The zero-order valence-electron chi connectivity index (χ0n) is 80.4. The zero-order chi connectivity index (χ0) is 92.2. The molecule has 0 amide bonds. The van der Waals surface area contributed by atoms with Crippen LogP contribution < -0.4 is 14.2 Å². The van der Waals surface area contributed by atoms with E-state index in [1.165, 1.54) is 152 Å². The van der Waals surface area contributed by atoms with Crippen LogP contribution in [0.3, 0.4) is 0 Å². The lowest BCUT2D eigenvalue weighted by molar-refractivity contribution is -0.0242. The Kier molecular flexibility index (Phi) is 104. The maximum atomic E-state index is 8.58. The van der Waals surface area contributed by atoms with Crippen LogP contribution in [-0.4, -0.2) is 372 Å². The minimum Gasteiger partial charge on any atom is -0.491 e. The van der Waals surface area contributed by atoms with Gasteiger partial charge >= 0.3 is 0 Å². The van der Waals surface area contributed by atoms with Gasteiger partial charge in [0.1, 0.15) is 37.1 Å². The van der Waals surface area contributed by atoms with Crippen molar-refractivity contribution in [2.24, 2.45) is 0 Å². The maximum absolute atomic E-state index is 8.58. The van der Waals surface area contributed by atoms with Gasteiger partial charge in [-0.1, -0.05) is 173 Å². The molecule has 3 aromatic rings. The molecule has 0 unspecified atom stereocenters. The average Bonchev–Trinajstić information content (AvgIpc) is 0.924. The number of unbranched alkanes of at least 4 members (excludes halogenated alkanes) is 18. The fourth-order valence-corrected chi connectivity index (χ4v) is 11.9. The van der Waals surface area contributed by atoms with Gasteiger partial charge < -0.3 is 143 Å². The molecule has 30 heteroatoms. The molecule has 0 heterocycles.